The number of aromatic nitrogens is 3. The highest BCUT2D eigenvalue weighted by atomic mass is 35.5. The SMILES string of the molecule is Cc1nccc(NC2=NCc3nc(N4CCC5(CC4)Cc4ccccc4[C@H]5N)cnc32)c1Cl. The van der Waals surface area contributed by atoms with E-state index in [1.54, 1.807) is 6.20 Å². The van der Waals surface area contributed by atoms with Crippen molar-refractivity contribution in [1.29, 1.82) is 0 Å². The van der Waals surface area contributed by atoms with E-state index in [2.05, 4.69) is 44.5 Å². The smallest absolute Gasteiger partial charge is 0.154 e. The van der Waals surface area contributed by atoms with Gasteiger partial charge in [0.2, 0.25) is 0 Å². The predicted octanol–water partition coefficient (Wildman–Crippen LogP) is 4.05. The minimum absolute atomic E-state index is 0.118. The summed E-state index contributed by atoms with van der Waals surface area (Å²) < 4.78 is 0. The van der Waals surface area contributed by atoms with Crippen LogP contribution in [0.1, 0.15) is 47.1 Å². The van der Waals surface area contributed by atoms with Crippen LogP contribution in [0.2, 0.25) is 5.02 Å². The maximum absolute atomic E-state index is 6.73. The molecule has 0 amide bonds. The Kier molecular flexibility index (Phi) is 4.85. The van der Waals surface area contributed by atoms with Gasteiger partial charge >= 0.3 is 0 Å². The van der Waals surface area contributed by atoms with Gasteiger partial charge in [-0.3, -0.25) is 9.98 Å². The van der Waals surface area contributed by atoms with E-state index >= 15 is 0 Å². The Bertz CT molecular complexity index is 1260. The second-order valence-corrected chi connectivity index (χ2v) is 9.65. The van der Waals surface area contributed by atoms with E-state index in [0.29, 0.717) is 17.4 Å². The van der Waals surface area contributed by atoms with Gasteiger partial charge in [0.25, 0.3) is 0 Å². The number of benzene rings is 1. The molecule has 168 valence electrons. The quantitative estimate of drug-likeness (QED) is 0.600. The summed E-state index contributed by atoms with van der Waals surface area (Å²) in [6.07, 6.45) is 6.79. The van der Waals surface area contributed by atoms with Crippen LogP contribution in [0, 0.1) is 12.3 Å². The Morgan fingerprint density at radius 3 is 2.79 bits per heavy atom. The lowest BCUT2D eigenvalue weighted by Crippen LogP contribution is -2.44. The zero-order valence-corrected chi connectivity index (χ0v) is 19.3. The first-order valence-electron chi connectivity index (χ1n) is 11.4. The van der Waals surface area contributed by atoms with Gasteiger partial charge in [-0.15, -0.1) is 0 Å². The van der Waals surface area contributed by atoms with Crippen LogP contribution in [0.4, 0.5) is 11.5 Å². The topological polar surface area (TPSA) is 92.3 Å². The van der Waals surface area contributed by atoms with E-state index in [-0.39, 0.29) is 11.5 Å². The zero-order valence-electron chi connectivity index (χ0n) is 18.6. The zero-order chi connectivity index (χ0) is 22.6. The predicted molar refractivity (Wildman–Crippen MR) is 131 cm³/mol. The van der Waals surface area contributed by atoms with E-state index in [4.69, 9.17) is 27.3 Å². The first kappa shape index (κ1) is 20.6. The van der Waals surface area contributed by atoms with Gasteiger partial charge in [0.15, 0.2) is 5.84 Å². The maximum Gasteiger partial charge on any atom is 0.154 e. The molecular formula is C25H26ClN7. The lowest BCUT2D eigenvalue weighted by molar-refractivity contribution is 0.187. The second kappa shape index (κ2) is 7.78. The minimum atomic E-state index is 0.118. The van der Waals surface area contributed by atoms with E-state index < -0.39 is 0 Å². The first-order valence-corrected chi connectivity index (χ1v) is 11.8. The van der Waals surface area contributed by atoms with Gasteiger partial charge in [0, 0.05) is 25.3 Å². The standard InChI is InChI=1S/C25H26ClN7/c1-15-21(26)18(6-9-28-15)32-24-22-19(13-30-24)31-20(14-29-22)33-10-7-25(8-11-33)12-16-4-2-3-5-17(16)23(25)27/h2-6,9,14,23H,7-8,10-13,27H2,1H3,(H,28,30,32)/t23-/m1/s1. The van der Waals surface area contributed by atoms with Crippen molar-refractivity contribution < 1.29 is 0 Å². The summed E-state index contributed by atoms with van der Waals surface area (Å²) in [5, 5.41) is 3.89. The second-order valence-electron chi connectivity index (χ2n) is 9.27. The summed E-state index contributed by atoms with van der Waals surface area (Å²) in [6.45, 7) is 4.27. The Morgan fingerprint density at radius 1 is 1.15 bits per heavy atom. The number of fused-ring (bicyclic) bond motifs is 2. The van der Waals surface area contributed by atoms with Gasteiger partial charge in [0.1, 0.15) is 11.5 Å². The Labute approximate surface area is 198 Å². The van der Waals surface area contributed by atoms with Crippen molar-refractivity contribution in [2.75, 3.05) is 23.3 Å². The molecule has 1 spiro atoms. The molecular weight excluding hydrogens is 434 g/mol. The maximum atomic E-state index is 6.73. The highest BCUT2D eigenvalue weighted by molar-refractivity contribution is 6.34. The van der Waals surface area contributed by atoms with Crippen LogP contribution >= 0.6 is 11.6 Å². The van der Waals surface area contributed by atoms with Crippen LogP contribution in [-0.2, 0) is 13.0 Å². The molecule has 2 aliphatic heterocycles. The monoisotopic (exact) mass is 459 g/mol. The molecule has 33 heavy (non-hydrogen) atoms. The van der Waals surface area contributed by atoms with Crippen LogP contribution in [0.5, 0.6) is 0 Å². The van der Waals surface area contributed by atoms with Gasteiger partial charge in [-0.05, 0) is 48.8 Å². The number of anilines is 2. The third kappa shape index (κ3) is 3.38. The number of aliphatic imine (C=N–C) groups is 1. The number of hydrogen-bond acceptors (Lipinski definition) is 7. The molecule has 0 radical (unpaired) electrons. The van der Waals surface area contributed by atoms with Crippen molar-refractivity contribution in [2.24, 2.45) is 16.1 Å². The summed E-state index contributed by atoms with van der Waals surface area (Å²) in [5.41, 5.74) is 12.9. The number of nitrogens with two attached hydrogens (primary N) is 1. The Morgan fingerprint density at radius 2 is 1.97 bits per heavy atom. The van der Waals surface area contributed by atoms with Gasteiger partial charge in [-0.1, -0.05) is 35.9 Å². The molecule has 1 aromatic carbocycles. The third-order valence-electron chi connectivity index (χ3n) is 7.44. The fraction of sp³-hybridized carbons (Fsp3) is 0.360. The summed E-state index contributed by atoms with van der Waals surface area (Å²) in [5.74, 6) is 1.62. The molecule has 4 heterocycles. The minimum Gasteiger partial charge on any atom is -0.355 e. The van der Waals surface area contributed by atoms with Gasteiger partial charge < -0.3 is 16.0 Å². The number of aryl methyl sites for hydroxylation is 1. The molecule has 1 saturated heterocycles. The first-order chi connectivity index (χ1) is 16.0. The van der Waals surface area contributed by atoms with Crippen molar-refractivity contribution in [3.05, 3.63) is 76.0 Å². The van der Waals surface area contributed by atoms with Crippen molar-refractivity contribution in [3.63, 3.8) is 0 Å². The molecule has 8 heteroatoms. The van der Waals surface area contributed by atoms with E-state index in [1.165, 1.54) is 11.1 Å². The van der Waals surface area contributed by atoms with Crippen LogP contribution in [0.15, 0.2) is 47.7 Å². The molecule has 1 fully saturated rings. The Hall–Kier alpha value is -3.03. The highest BCUT2D eigenvalue weighted by Gasteiger charge is 2.46. The number of nitrogens with zero attached hydrogens (tertiary/aromatic N) is 5. The average Bonchev–Trinajstić information content (AvgIpc) is 3.36. The lowest BCUT2D eigenvalue weighted by Gasteiger charge is -2.42. The molecule has 2 aromatic heterocycles. The molecule has 0 saturated carbocycles. The molecule has 0 unspecified atom stereocenters. The molecule has 1 aliphatic carbocycles. The third-order valence-corrected chi connectivity index (χ3v) is 7.91. The average molecular weight is 460 g/mol. The van der Waals surface area contributed by atoms with Gasteiger partial charge in [-0.2, -0.15) is 0 Å². The van der Waals surface area contributed by atoms with E-state index in [9.17, 15) is 0 Å². The van der Waals surface area contributed by atoms with Crippen molar-refractivity contribution in [1.82, 2.24) is 15.0 Å². The number of amidine groups is 1. The van der Waals surface area contributed by atoms with Gasteiger partial charge in [0.05, 0.1) is 34.8 Å². The fourth-order valence-electron chi connectivity index (χ4n) is 5.46. The summed E-state index contributed by atoms with van der Waals surface area (Å²) >= 11 is 6.39. The largest absolute Gasteiger partial charge is 0.355 e. The van der Waals surface area contributed by atoms with Crippen LogP contribution in [-0.4, -0.2) is 33.9 Å². The molecule has 1 atom stereocenters. The Balaban J connectivity index is 1.16. The number of pyridine rings is 1. The molecule has 3 aromatic rings. The van der Waals surface area contributed by atoms with Crippen molar-refractivity contribution >= 4 is 28.9 Å². The molecule has 3 N–H and O–H groups in total. The van der Waals surface area contributed by atoms with E-state index in [0.717, 1.165) is 60.9 Å². The number of nitrogens with one attached hydrogen (secondary N) is 1. The van der Waals surface area contributed by atoms with Crippen LogP contribution in [0.25, 0.3) is 0 Å². The van der Waals surface area contributed by atoms with Crippen molar-refractivity contribution in [3.8, 4) is 0 Å². The number of rotatable bonds is 2. The molecule has 0 bridgehead atoms. The van der Waals surface area contributed by atoms with Gasteiger partial charge in [-0.25, -0.2) is 9.97 Å². The molecule has 6 rings (SSSR count). The summed E-state index contributed by atoms with van der Waals surface area (Å²) in [6, 6.07) is 10.6. The molecule has 3 aliphatic rings. The lowest BCUT2D eigenvalue weighted by atomic mass is 9.73. The highest BCUT2D eigenvalue weighted by Crippen LogP contribution is 2.50. The number of hydrogen-bond donors (Lipinski definition) is 2. The summed E-state index contributed by atoms with van der Waals surface area (Å²) in [4.78, 5) is 20.8. The number of halogens is 1. The van der Waals surface area contributed by atoms with E-state index in [1.807, 2.05) is 19.2 Å². The number of piperidine rings is 1. The van der Waals surface area contributed by atoms with Crippen LogP contribution < -0.4 is 16.0 Å². The normalized spacial score (nSPS) is 20.5. The van der Waals surface area contributed by atoms with Crippen LogP contribution in [0.3, 0.4) is 0 Å². The fourth-order valence-corrected chi connectivity index (χ4v) is 5.62. The molecule has 7 nitrogen and oxygen atoms in total. The summed E-state index contributed by atoms with van der Waals surface area (Å²) in [7, 11) is 0. The van der Waals surface area contributed by atoms with Crippen molar-refractivity contribution in [2.45, 2.75) is 38.8 Å².